The number of anilines is 2. The number of pyridine rings is 1. The molecule has 1 aromatic carbocycles. The van der Waals surface area contributed by atoms with E-state index in [1.165, 1.54) is 5.57 Å². The summed E-state index contributed by atoms with van der Waals surface area (Å²) in [7, 11) is 0. The topological polar surface area (TPSA) is 89.2 Å². The van der Waals surface area contributed by atoms with Gasteiger partial charge in [-0.1, -0.05) is 6.08 Å². The molecule has 5 heterocycles. The van der Waals surface area contributed by atoms with Crippen LogP contribution in [0, 0.1) is 5.41 Å². The summed E-state index contributed by atoms with van der Waals surface area (Å²) in [6.45, 7) is 12.7. The maximum atomic E-state index is 13.5. The van der Waals surface area contributed by atoms with Crippen molar-refractivity contribution in [1.29, 1.82) is 0 Å². The molecule has 2 atom stereocenters. The van der Waals surface area contributed by atoms with E-state index in [4.69, 9.17) is 0 Å². The Morgan fingerprint density at radius 2 is 1.97 bits per heavy atom. The second-order valence-electron chi connectivity index (χ2n) is 11.7. The predicted molar refractivity (Wildman–Crippen MR) is 160 cm³/mol. The Balaban J connectivity index is 1.15. The number of H-pyrrole nitrogens is 1. The van der Waals surface area contributed by atoms with Crippen LogP contribution in [-0.4, -0.2) is 75.5 Å². The lowest BCUT2D eigenvalue weighted by atomic mass is 9.89. The largest absolute Gasteiger partial charge is 0.355 e. The van der Waals surface area contributed by atoms with E-state index in [-0.39, 0.29) is 5.91 Å². The molecule has 0 radical (unpaired) electrons. The van der Waals surface area contributed by atoms with E-state index >= 15 is 0 Å². The average Bonchev–Trinajstić information content (AvgIpc) is 3.55. The quantitative estimate of drug-likeness (QED) is 0.308. The number of fused-ring (bicyclic) bond motifs is 2. The molecular weight excluding hydrogens is 506 g/mol. The third kappa shape index (κ3) is 5.44. The number of aromatic amines is 1. The third-order valence-corrected chi connectivity index (χ3v) is 8.61. The number of carbonyl (C=O) groups excluding carboxylic acids is 1. The molecule has 2 aliphatic rings. The Morgan fingerprint density at radius 3 is 2.74 bits per heavy atom. The van der Waals surface area contributed by atoms with Gasteiger partial charge in [0.1, 0.15) is 5.65 Å². The highest BCUT2D eigenvalue weighted by Gasteiger charge is 2.36. The maximum Gasteiger partial charge on any atom is 0.229 e. The summed E-state index contributed by atoms with van der Waals surface area (Å²) in [6.07, 6.45) is 4.84. The fourth-order valence-corrected chi connectivity index (χ4v) is 6.84. The number of hydrogen-bond acceptors (Lipinski definition) is 7. The van der Waals surface area contributed by atoms with Gasteiger partial charge in [0.25, 0.3) is 0 Å². The van der Waals surface area contributed by atoms with Crippen LogP contribution < -0.4 is 10.6 Å². The van der Waals surface area contributed by atoms with Crippen molar-refractivity contribution in [3.63, 3.8) is 0 Å². The monoisotopic (exact) mass is 543 g/mol. The summed E-state index contributed by atoms with van der Waals surface area (Å²) >= 11 is 1.64. The van der Waals surface area contributed by atoms with Crippen LogP contribution in [0.2, 0.25) is 0 Å². The van der Waals surface area contributed by atoms with E-state index in [1.54, 1.807) is 11.3 Å². The fourth-order valence-electron chi connectivity index (χ4n) is 6.12. The predicted octanol–water partition coefficient (Wildman–Crippen LogP) is 5.24. The molecule has 9 heteroatoms. The smallest absolute Gasteiger partial charge is 0.229 e. The minimum absolute atomic E-state index is 0.236. The van der Waals surface area contributed by atoms with Crippen LogP contribution in [0.4, 0.5) is 11.4 Å². The van der Waals surface area contributed by atoms with Gasteiger partial charge < -0.3 is 20.5 Å². The van der Waals surface area contributed by atoms with Crippen molar-refractivity contribution in [1.82, 2.24) is 30.1 Å². The normalized spacial score (nSPS) is 20.9. The molecule has 3 aromatic heterocycles. The molecule has 1 saturated heterocycles. The van der Waals surface area contributed by atoms with Gasteiger partial charge in [-0.15, -0.1) is 11.3 Å². The summed E-state index contributed by atoms with van der Waals surface area (Å²) in [4.78, 5) is 30.5. The van der Waals surface area contributed by atoms with Crippen LogP contribution in [0.25, 0.3) is 26.8 Å². The number of hydrogen-bond donors (Lipinski definition) is 3. The van der Waals surface area contributed by atoms with Crippen molar-refractivity contribution in [2.45, 2.75) is 46.2 Å². The highest BCUT2D eigenvalue weighted by Crippen LogP contribution is 2.32. The van der Waals surface area contributed by atoms with Crippen molar-refractivity contribution in [2.75, 3.05) is 38.0 Å². The van der Waals surface area contributed by atoms with Gasteiger partial charge in [0.2, 0.25) is 5.91 Å². The zero-order valence-electron chi connectivity index (χ0n) is 23.1. The molecular formula is C30H37N7OS. The molecule has 204 valence electrons. The molecule has 0 aliphatic carbocycles. The lowest BCUT2D eigenvalue weighted by Gasteiger charge is -2.41. The van der Waals surface area contributed by atoms with Crippen LogP contribution >= 0.6 is 11.3 Å². The van der Waals surface area contributed by atoms with Gasteiger partial charge in [-0.3, -0.25) is 9.69 Å². The molecule has 2 unspecified atom stereocenters. The van der Waals surface area contributed by atoms with Gasteiger partial charge in [0.15, 0.2) is 0 Å². The van der Waals surface area contributed by atoms with Crippen molar-refractivity contribution < 1.29 is 4.79 Å². The maximum absolute atomic E-state index is 13.5. The molecule has 6 rings (SSSR count). The van der Waals surface area contributed by atoms with E-state index in [0.717, 1.165) is 70.9 Å². The molecule has 0 saturated carbocycles. The standard InChI is InChI=1S/C30H37N7OS/c1-19-15-36(16-20(2)33-19)17-30(3,4)29(38)37-11-8-21(9-12-37)26-14-23-24(7-10-31-28(23)35-26)34-22-5-6-25-27(13-22)39-18-32-25/h5-8,10,13-14,18-20,33H,9,11-12,15-17H2,1-4H3,(H2,31,34,35). The second kappa shape index (κ2) is 10.4. The number of amides is 1. The van der Waals surface area contributed by atoms with Gasteiger partial charge in [0, 0.05) is 67.8 Å². The summed E-state index contributed by atoms with van der Waals surface area (Å²) in [5.41, 5.74) is 7.67. The van der Waals surface area contributed by atoms with Gasteiger partial charge >= 0.3 is 0 Å². The molecule has 0 bridgehead atoms. The summed E-state index contributed by atoms with van der Waals surface area (Å²) in [6, 6.07) is 11.3. The average molecular weight is 544 g/mol. The third-order valence-electron chi connectivity index (χ3n) is 7.82. The Kier molecular flexibility index (Phi) is 6.91. The summed E-state index contributed by atoms with van der Waals surface area (Å²) in [5.74, 6) is 0.236. The number of nitrogens with zero attached hydrogens (tertiary/aromatic N) is 4. The lowest BCUT2D eigenvalue weighted by molar-refractivity contribution is -0.141. The molecule has 3 N–H and O–H groups in total. The van der Waals surface area contributed by atoms with E-state index in [9.17, 15) is 4.79 Å². The van der Waals surface area contributed by atoms with Crippen molar-refractivity contribution >= 4 is 55.4 Å². The van der Waals surface area contributed by atoms with Crippen LogP contribution in [0.3, 0.4) is 0 Å². The van der Waals surface area contributed by atoms with E-state index in [1.807, 2.05) is 28.7 Å². The number of benzene rings is 1. The Labute approximate surface area is 233 Å². The first-order valence-electron chi connectivity index (χ1n) is 13.8. The molecule has 0 spiro atoms. The first kappa shape index (κ1) is 26.0. The number of carbonyl (C=O) groups is 1. The van der Waals surface area contributed by atoms with Crippen molar-refractivity contribution in [3.8, 4) is 0 Å². The number of piperazine rings is 1. The van der Waals surface area contributed by atoms with E-state index in [0.29, 0.717) is 18.6 Å². The Morgan fingerprint density at radius 1 is 1.15 bits per heavy atom. The number of nitrogens with one attached hydrogen (secondary N) is 3. The summed E-state index contributed by atoms with van der Waals surface area (Å²) in [5, 5.41) is 8.19. The van der Waals surface area contributed by atoms with Gasteiger partial charge in [0.05, 0.1) is 26.8 Å². The van der Waals surface area contributed by atoms with Crippen LogP contribution in [0.5, 0.6) is 0 Å². The van der Waals surface area contributed by atoms with Gasteiger partial charge in [-0.25, -0.2) is 9.97 Å². The van der Waals surface area contributed by atoms with Crippen LogP contribution in [-0.2, 0) is 4.79 Å². The Bertz CT molecular complexity index is 1530. The highest BCUT2D eigenvalue weighted by molar-refractivity contribution is 7.16. The molecule has 2 aliphatic heterocycles. The number of rotatable bonds is 6. The lowest BCUT2D eigenvalue weighted by Crippen LogP contribution is -2.57. The second-order valence-corrected chi connectivity index (χ2v) is 12.6. The van der Waals surface area contributed by atoms with Crippen LogP contribution in [0.15, 0.2) is 48.1 Å². The minimum atomic E-state index is -0.421. The van der Waals surface area contributed by atoms with Crippen molar-refractivity contribution in [3.05, 3.63) is 53.8 Å². The fraction of sp³-hybridized carbons (Fsp3) is 0.433. The van der Waals surface area contributed by atoms with Crippen LogP contribution in [0.1, 0.15) is 39.8 Å². The molecule has 4 aromatic rings. The zero-order valence-corrected chi connectivity index (χ0v) is 23.9. The SMILES string of the molecule is CC1CN(CC(C)(C)C(=O)N2CC=C(c3cc4c(Nc5ccc6ncsc6c5)ccnc4[nH]3)CC2)CC(C)N1. The van der Waals surface area contributed by atoms with Gasteiger partial charge in [-0.2, -0.15) is 0 Å². The molecule has 8 nitrogen and oxygen atoms in total. The summed E-state index contributed by atoms with van der Waals surface area (Å²) < 4.78 is 1.16. The zero-order chi connectivity index (χ0) is 27.1. The first-order chi connectivity index (χ1) is 18.7. The van der Waals surface area contributed by atoms with Gasteiger partial charge in [-0.05, 0) is 70.0 Å². The molecule has 39 heavy (non-hydrogen) atoms. The molecule has 1 amide bonds. The highest BCUT2D eigenvalue weighted by atomic mass is 32.1. The van der Waals surface area contributed by atoms with E-state index in [2.05, 4.69) is 82.5 Å². The van der Waals surface area contributed by atoms with Crippen molar-refractivity contribution in [2.24, 2.45) is 5.41 Å². The van der Waals surface area contributed by atoms with E-state index < -0.39 is 5.41 Å². The first-order valence-corrected chi connectivity index (χ1v) is 14.7. The number of aromatic nitrogens is 3. The Hall–Kier alpha value is -3.27. The minimum Gasteiger partial charge on any atom is -0.355 e. The number of thiazole rings is 1. The molecule has 1 fully saturated rings.